The van der Waals surface area contributed by atoms with Crippen LogP contribution in [-0.4, -0.2) is 6.61 Å². The van der Waals surface area contributed by atoms with E-state index in [1.54, 1.807) is 0 Å². The first-order chi connectivity index (χ1) is 7.84. The van der Waals surface area contributed by atoms with E-state index >= 15 is 0 Å². The second-order valence-electron chi connectivity index (χ2n) is 5.04. The summed E-state index contributed by atoms with van der Waals surface area (Å²) in [6, 6.07) is 1.91. The number of hydrogen-bond donors (Lipinski definition) is 1. The molecule has 96 valence electrons. The summed E-state index contributed by atoms with van der Waals surface area (Å²) in [5.74, 6) is 1.36. The van der Waals surface area contributed by atoms with Gasteiger partial charge in [-0.05, 0) is 43.9 Å². The number of rotatable bonds is 4. The number of halogens is 1. The van der Waals surface area contributed by atoms with E-state index in [4.69, 9.17) is 22.1 Å². The molecule has 0 radical (unpaired) electrons. The molecular weight excluding hydrogens is 234 g/mol. The van der Waals surface area contributed by atoms with Crippen LogP contribution >= 0.6 is 11.6 Å². The summed E-state index contributed by atoms with van der Waals surface area (Å²) in [6.45, 7) is 10.9. The molecular formula is C14H22ClNO. The molecule has 1 aromatic rings. The highest BCUT2D eigenvalue weighted by atomic mass is 35.5. The molecule has 0 aromatic heterocycles. The Balaban J connectivity index is 3.18. The van der Waals surface area contributed by atoms with Crippen molar-refractivity contribution in [3.8, 4) is 5.75 Å². The van der Waals surface area contributed by atoms with E-state index in [2.05, 4.69) is 13.8 Å². The molecule has 1 rings (SSSR count). The van der Waals surface area contributed by atoms with Gasteiger partial charge in [0.25, 0.3) is 0 Å². The minimum absolute atomic E-state index is 0.0738. The zero-order chi connectivity index (χ0) is 13.2. The highest BCUT2D eigenvalue weighted by molar-refractivity contribution is 6.32. The lowest BCUT2D eigenvalue weighted by Gasteiger charge is -2.20. The lowest BCUT2D eigenvalue weighted by Crippen LogP contribution is -2.13. The molecule has 3 heteroatoms. The van der Waals surface area contributed by atoms with Crippen molar-refractivity contribution >= 4 is 11.6 Å². The third kappa shape index (κ3) is 3.36. The Bertz CT molecular complexity index is 400. The smallest absolute Gasteiger partial charge is 0.124 e. The number of nitrogens with two attached hydrogens (primary N) is 1. The summed E-state index contributed by atoms with van der Waals surface area (Å²) in [4.78, 5) is 0. The van der Waals surface area contributed by atoms with E-state index in [0.29, 0.717) is 12.5 Å². The molecule has 0 aliphatic rings. The van der Waals surface area contributed by atoms with Crippen LogP contribution in [-0.2, 0) is 0 Å². The van der Waals surface area contributed by atoms with Crippen molar-refractivity contribution < 1.29 is 4.74 Å². The van der Waals surface area contributed by atoms with Crippen LogP contribution in [0.4, 0.5) is 0 Å². The SMILES string of the molecule is Cc1cc(OCC(C)C)c(C(C)N)c(C)c1Cl. The first kappa shape index (κ1) is 14.3. The van der Waals surface area contributed by atoms with Gasteiger partial charge in [-0.3, -0.25) is 0 Å². The lowest BCUT2D eigenvalue weighted by atomic mass is 9.99. The van der Waals surface area contributed by atoms with Crippen molar-refractivity contribution in [2.45, 2.75) is 40.7 Å². The van der Waals surface area contributed by atoms with Gasteiger partial charge in [0.05, 0.1) is 6.61 Å². The Labute approximate surface area is 109 Å². The van der Waals surface area contributed by atoms with Gasteiger partial charge < -0.3 is 10.5 Å². The average Bonchev–Trinajstić information content (AvgIpc) is 2.22. The summed E-state index contributed by atoms with van der Waals surface area (Å²) >= 11 is 6.25. The number of ether oxygens (including phenoxy) is 1. The predicted octanol–water partition coefficient (Wildman–Crippen LogP) is 4.01. The van der Waals surface area contributed by atoms with E-state index < -0.39 is 0 Å². The van der Waals surface area contributed by atoms with E-state index in [-0.39, 0.29) is 6.04 Å². The van der Waals surface area contributed by atoms with Gasteiger partial charge in [0, 0.05) is 16.6 Å². The maximum atomic E-state index is 6.25. The molecule has 0 heterocycles. The fourth-order valence-corrected chi connectivity index (χ4v) is 2.03. The van der Waals surface area contributed by atoms with E-state index in [1.165, 1.54) is 0 Å². The minimum Gasteiger partial charge on any atom is -0.493 e. The topological polar surface area (TPSA) is 35.2 Å². The molecule has 1 atom stereocenters. The van der Waals surface area contributed by atoms with Gasteiger partial charge in [0.1, 0.15) is 5.75 Å². The van der Waals surface area contributed by atoms with Crippen LogP contribution in [0, 0.1) is 19.8 Å². The Hall–Kier alpha value is -0.730. The Morgan fingerprint density at radius 1 is 1.29 bits per heavy atom. The first-order valence-electron chi connectivity index (χ1n) is 6.02. The Kier molecular flexibility index (Phi) is 4.84. The van der Waals surface area contributed by atoms with Crippen LogP contribution in [0.1, 0.15) is 43.5 Å². The van der Waals surface area contributed by atoms with Crippen molar-refractivity contribution in [1.29, 1.82) is 0 Å². The van der Waals surface area contributed by atoms with Gasteiger partial charge in [-0.2, -0.15) is 0 Å². The maximum absolute atomic E-state index is 6.25. The van der Waals surface area contributed by atoms with Crippen LogP contribution in [0.5, 0.6) is 5.75 Å². The van der Waals surface area contributed by atoms with Gasteiger partial charge in [0.2, 0.25) is 0 Å². The van der Waals surface area contributed by atoms with E-state index in [1.807, 2.05) is 26.8 Å². The fraction of sp³-hybridized carbons (Fsp3) is 0.571. The van der Waals surface area contributed by atoms with Crippen molar-refractivity contribution in [1.82, 2.24) is 0 Å². The van der Waals surface area contributed by atoms with Gasteiger partial charge in [-0.25, -0.2) is 0 Å². The monoisotopic (exact) mass is 255 g/mol. The second-order valence-corrected chi connectivity index (χ2v) is 5.42. The summed E-state index contributed by atoms with van der Waals surface area (Å²) in [5, 5.41) is 0.786. The zero-order valence-electron chi connectivity index (χ0n) is 11.3. The van der Waals surface area contributed by atoms with Gasteiger partial charge >= 0.3 is 0 Å². The lowest BCUT2D eigenvalue weighted by molar-refractivity contribution is 0.267. The van der Waals surface area contributed by atoms with Crippen molar-refractivity contribution in [3.05, 3.63) is 27.8 Å². The largest absolute Gasteiger partial charge is 0.493 e. The normalized spacial score (nSPS) is 12.9. The summed E-state index contributed by atoms with van der Waals surface area (Å²) in [5.41, 5.74) is 9.08. The van der Waals surface area contributed by atoms with Crippen LogP contribution in [0.15, 0.2) is 6.07 Å². The quantitative estimate of drug-likeness (QED) is 0.882. The Morgan fingerprint density at radius 2 is 1.88 bits per heavy atom. The van der Waals surface area contributed by atoms with Crippen LogP contribution in [0.3, 0.4) is 0 Å². The van der Waals surface area contributed by atoms with Crippen LogP contribution in [0.2, 0.25) is 5.02 Å². The molecule has 0 fully saturated rings. The maximum Gasteiger partial charge on any atom is 0.124 e. The molecule has 17 heavy (non-hydrogen) atoms. The van der Waals surface area contributed by atoms with Crippen LogP contribution in [0.25, 0.3) is 0 Å². The van der Waals surface area contributed by atoms with Crippen molar-refractivity contribution in [2.75, 3.05) is 6.61 Å². The number of benzene rings is 1. The molecule has 0 aliphatic heterocycles. The molecule has 0 saturated heterocycles. The fourth-order valence-electron chi connectivity index (χ4n) is 1.88. The first-order valence-corrected chi connectivity index (χ1v) is 6.40. The summed E-state index contributed by atoms with van der Waals surface area (Å²) in [7, 11) is 0. The molecule has 0 saturated carbocycles. The minimum atomic E-state index is -0.0738. The third-order valence-corrected chi connectivity index (χ3v) is 3.30. The van der Waals surface area contributed by atoms with Gasteiger partial charge in [-0.1, -0.05) is 25.4 Å². The zero-order valence-corrected chi connectivity index (χ0v) is 12.1. The van der Waals surface area contributed by atoms with Gasteiger partial charge in [-0.15, -0.1) is 0 Å². The highest BCUT2D eigenvalue weighted by Crippen LogP contribution is 2.35. The molecule has 0 aliphatic carbocycles. The molecule has 1 aromatic carbocycles. The molecule has 1 unspecified atom stereocenters. The second kappa shape index (κ2) is 5.74. The van der Waals surface area contributed by atoms with Gasteiger partial charge in [0.15, 0.2) is 0 Å². The molecule has 0 amide bonds. The predicted molar refractivity (Wildman–Crippen MR) is 73.9 cm³/mol. The molecule has 2 nitrogen and oxygen atoms in total. The van der Waals surface area contributed by atoms with Crippen LogP contribution < -0.4 is 10.5 Å². The Morgan fingerprint density at radius 3 is 2.35 bits per heavy atom. The highest BCUT2D eigenvalue weighted by Gasteiger charge is 2.16. The van der Waals surface area contributed by atoms with E-state index in [0.717, 1.165) is 27.5 Å². The summed E-state index contributed by atoms with van der Waals surface area (Å²) < 4.78 is 5.84. The third-order valence-electron chi connectivity index (χ3n) is 2.72. The molecule has 0 bridgehead atoms. The number of hydrogen-bond acceptors (Lipinski definition) is 2. The molecule has 2 N–H and O–H groups in total. The van der Waals surface area contributed by atoms with E-state index in [9.17, 15) is 0 Å². The standard InChI is InChI=1S/C14H22ClNO/c1-8(2)7-17-12-6-9(3)14(15)10(4)13(12)11(5)16/h6,8,11H,7,16H2,1-5H3. The van der Waals surface area contributed by atoms with Crippen molar-refractivity contribution in [2.24, 2.45) is 11.7 Å². The summed E-state index contributed by atoms with van der Waals surface area (Å²) in [6.07, 6.45) is 0. The average molecular weight is 256 g/mol. The molecule has 0 spiro atoms. The van der Waals surface area contributed by atoms with Crippen molar-refractivity contribution in [3.63, 3.8) is 0 Å². The number of aryl methyl sites for hydroxylation is 1.